The third kappa shape index (κ3) is 3.62. The van der Waals surface area contributed by atoms with Crippen molar-refractivity contribution in [3.05, 3.63) is 57.0 Å². The second kappa shape index (κ2) is 7.35. The number of hydrogen-bond acceptors (Lipinski definition) is 3. The third-order valence-electron chi connectivity index (χ3n) is 3.04. The topological polar surface area (TPSA) is 42.2 Å². The minimum Gasteiger partial charge on any atom is -0.493 e. The van der Waals surface area contributed by atoms with Gasteiger partial charge >= 0.3 is 0 Å². The molecule has 0 atom stereocenters. The van der Waals surface area contributed by atoms with Crippen molar-refractivity contribution in [2.24, 2.45) is 0 Å². The standard InChI is InChI=1S/C17H13BrClNO2/c1-21-16-9-11(8-15(19)17(16)22-2)7-13(10-20)12-3-5-14(18)6-4-12/h3-9H,1-2H3/b13-7+. The van der Waals surface area contributed by atoms with Crippen LogP contribution >= 0.6 is 27.5 Å². The lowest BCUT2D eigenvalue weighted by Crippen LogP contribution is -1.92. The van der Waals surface area contributed by atoms with E-state index >= 15 is 0 Å². The maximum Gasteiger partial charge on any atom is 0.179 e. The number of methoxy groups -OCH3 is 2. The average molecular weight is 379 g/mol. The molecule has 0 amide bonds. The Morgan fingerprint density at radius 1 is 1.18 bits per heavy atom. The summed E-state index contributed by atoms with van der Waals surface area (Å²) < 4.78 is 11.4. The van der Waals surface area contributed by atoms with Gasteiger partial charge in [0, 0.05) is 4.47 Å². The molecule has 0 unspecified atom stereocenters. The second-order valence-electron chi connectivity index (χ2n) is 4.41. The number of allylic oxidation sites excluding steroid dienone is 1. The smallest absolute Gasteiger partial charge is 0.179 e. The molecule has 0 aliphatic carbocycles. The fraction of sp³-hybridized carbons (Fsp3) is 0.118. The van der Waals surface area contributed by atoms with E-state index in [1.54, 1.807) is 25.3 Å². The van der Waals surface area contributed by atoms with E-state index in [1.807, 2.05) is 24.3 Å². The number of hydrogen-bond donors (Lipinski definition) is 0. The molecule has 0 fully saturated rings. The number of benzene rings is 2. The molecule has 0 saturated heterocycles. The van der Waals surface area contributed by atoms with E-state index in [9.17, 15) is 5.26 Å². The van der Waals surface area contributed by atoms with Gasteiger partial charge in [-0.25, -0.2) is 0 Å². The monoisotopic (exact) mass is 377 g/mol. The molecule has 0 saturated carbocycles. The van der Waals surface area contributed by atoms with Gasteiger partial charge in [0.05, 0.1) is 30.9 Å². The Kier molecular flexibility index (Phi) is 5.48. The van der Waals surface area contributed by atoms with E-state index in [0.29, 0.717) is 22.1 Å². The van der Waals surface area contributed by atoms with Gasteiger partial charge in [0.1, 0.15) is 0 Å². The summed E-state index contributed by atoms with van der Waals surface area (Å²) in [7, 11) is 3.07. The van der Waals surface area contributed by atoms with Gasteiger partial charge in [-0.1, -0.05) is 39.7 Å². The second-order valence-corrected chi connectivity index (χ2v) is 5.74. The van der Waals surface area contributed by atoms with Gasteiger partial charge in [-0.2, -0.15) is 5.26 Å². The summed E-state index contributed by atoms with van der Waals surface area (Å²) in [5, 5.41) is 9.82. The highest BCUT2D eigenvalue weighted by Crippen LogP contribution is 2.37. The molecular weight excluding hydrogens is 366 g/mol. The summed E-state index contributed by atoms with van der Waals surface area (Å²) in [6.45, 7) is 0. The summed E-state index contributed by atoms with van der Waals surface area (Å²) >= 11 is 9.56. The first-order valence-corrected chi connectivity index (χ1v) is 7.55. The maximum atomic E-state index is 9.39. The molecule has 22 heavy (non-hydrogen) atoms. The Labute approximate surface area is 142 Å². The van der Waals surface area contributed by atoms with Crippen LogP contribution in [0.2, 0.25) is 5.02 Å². The molecule has 2 aromatic rings. The highest BCUT2D eigenvalue weighted by Gasteiger charge is 2.11. The van der Waals surface area contributed by atoms with Crippen LogP contribution in [0.4, 0.5) is 0 Å². The Bertz CT molecular complexity index is 748. The first-order chi connectivity index (χ1) is 10.6. The van der Waals surface area contributed by atoms with Crippen molar-refractivity contribution in [2.45, 2.75) is 0 Å². The zero-order valence-electron chi connectivity index (χ0n) is 12.1. The molecule has 3 nitrogen and oxygen atoms in total. The lowest BCUT2D eigenvalue weighted by molar-refractivity contribution is 0.355. The van der Waals surface area contributed by atoms with Crippen LogP contribution in [0.1, 0.15) is 11.1 Å². The van der Waals surface area contributed by atoms with Crippen LogP contribution in [-0.2, 0) is 0 Å². The van der Waals surface area contributed by atoms with Gasteiger partial charge in [0.25, 0.3) is 0 Å². The zero-order valence-corrected chi connectivity index (χ0v) is 14.4. The summed E-state index contributed by atoms with van der Waals surface area (Å²) in [4.78, 5) is 0. The minimum atomic E-state index is 0.432. The fourth-order valence-electron chi connectivity index (χ4n) is 2.00. The lowest BCUT2D eigenvalue weighted by Gasteiger charge is -2.10. The van der Waals surface area contributed by atoms with Crippen molar-refractivity contribution >= 4 is 39.2 Å². The number of halogens is 2. The molecule has 0 bridgehead atoms. The van der Waals surface area contributed by atoms with Crippen molar-refractivity contribution < 1.29 is 9.47 Å². The van der Waals surface area contributed by atoms with Crippen molar-refractivity contribution in [3.8, 4) is 17.6 Å². The molecule has 0 spiro atoms. The molecule has 0 aromatic heterocycles. The Balaban J connectivity index is 2.48. The molecule has 0 heterocycles. The van der Waals surface area contributed by atoms with E-state index in [4.69, 9.17) is 21.1 Å². The number of ether oxygens (including phenoxy) is 2. The average Bonchev–Trinajstić information content (AvgIpc) is 2.53. The molecule has 0 radical (unpaired) electrons. The highest BCUT2D eigenvalue weighted by molar-refractivity contribution is 9.10. The first kappa shape index (κ1) is 16.4. The van der Waals surface area contributed by atoms with Crippen LogP contribution < -0.4 is 9.47 Å². The van der Waals surface area contributed by atoms with Gasteiger partial charge < -0.3 is 9.47 Å². The largest absolute Gasteiger partial charge is 0.493 e. The predicted molar refractivity (Wildman–Crippen MR) is 92.2 cm³/mol. The molecule has 2 rings (SSSR count). The van der Waals surface area contributed by atoms with E-state index in [2.05, 4.69) is 22.0 Å². The van der Waals surface area contributed by atoms with Gasteiger partial charge in [0.2, 0.25) is 0 Å². The summed E-state index contributed by atoms with van der Waals surface area (Å²) in [5.74, 6) is 0.998. The van der Waals surface area contributed by atoms with Crippen LogP contribution in [0, 0.1) is 11.3 Å². The van der Waals surface area contributed by atoms with Crippen molar-refractivity contribution in [1.29, 1.82) is 5.26 Å². The van der Waals surface area contributed by atoms with Crippen molar-refractivity contribution in [2.75, 3.05) is 14.2 Å². The number of nitriles is 1. The zero-order chi connectivity index (χ0) is 16.1. The predicted octanol–water partition coefficient (Wildman–Crippen LogP) is 5.18. The van der Waals surface area contributed by atoms with Crippen LogP contribution in [0.5, 0.6) is 11.5 Å². The molecular formula is C17H13BrClNO2. The quantitative estimate of drug-likeness (QED) is 0.543. The Hall–Kier alpha value is -1.96. The molecule has 0 N–H and O–H groups in total. The van der Waals surface area contributed by atoms with Crippen LogP contribution in [0.15, 0.2) is 40.9 Å². The summed E-state index contributed by atoms with van der Waals surface area (Å²) in [6, 6.07) is 13.3. The summed E-state index contributed by atoms with van der Waals surface area (Å²) in [6.07, 6.45) is 1.76. The van der Waals surface area contributed by atoms with E-state index < -0.39 is 0 Å². The Morgan fingerprint density at radius 3 is 2.41 bits per heavy atom. The van der Waals surface area contributed by atoms with E-state index in [0.717, 1.165) is 15.6 Å². The van der Waals surface area contributed by atoms with Gasteiger partial charge in [-0.3, -0.25) is 0 Å². The molecule has 0 aliphatic rings. The Morgan fingerprint density at radius 2 is 1.86 bits per heavy atom. The van der Waals surface area contributed by atoms with E-state index in [1.165, 1.54) is 7.11 Å². The van der Waals surface area contributed by atoms with Gasteiger partial charge in [0.15, 0.2) is 11.5 Å². The maximum absolute atomic E-state index is 9.39. The number of rotatable bonds is 4. The molecule has 112 valence electrons. The molecule has 2 aromatic carbocycles. The normalized spacial score (nSPS) is 11.0. The SMILES string of the molecule is COc1cc(/C=C(\C#N)c2ccc(Br)cc2)cc(Cl)c1OC. The van der Waals surface area contributed by atoms with Gasteiger partial charge in [-0.15, -0.1) is 0 Å². The minimum absolute atomic E-state index is 0.432. The fourth-order valence-corrected chi connectivity index (χ4v) is 2.56. The molecule has 5 heteroatoms. The molecule has 0 aliphatic heterocycles. The van der Waals surface area contributed by atoms with Crippen molar-refractivity contribution in [3.63, 3.8) is 0 Å². The number of nitrogens with zero attached hydrogens (tertiary/aromatic N) is 1. The van der Waals surface area contributed by atoms with Gasteiger partial charge in [-0.05, 0) is 41.5 Å². The van der Waals surface area contributed by atoms with Crippen LogP contribution in [-0.4, -0.2) is 14.2 Å². The summed E-state index contributed by atoms with van der Waals surface area (Å²) in [5.41, 5.74) is 2.13. The van der Waals surface area contributed by atoms with Crippen LogP contribution in [0.3, 0.4) is 0 Å². The van der Waals surface area contributed by atoms with Crippen LogP contribution in [0.25, 0.3) is 11.6 Å². The van der Waals surface area contributed by atoms with Crippen molar-refractivity contribution in [1.82, 2.24) is 0 Å². The first-order valence-electron chi connectivity index (χ1n) is 6.38. The lowest BCUT2D eigenvalue weighted by atomic mass is 10.0. The van der Waals surface area contributed by atoms with E-state index in [-0.39, 0.29) is 0 Å². The third-order valence-corrected chi connectivity index (χ3v) is 3.85. The highest BCUT2D eigenvalue weighted by atomic mass is 79.9.